The third kappa shape index (κ3) is 14.3. The average molecular weight is 1030 g/mol. The average Bonchev–Trinajstić information content (AvgIpc) is 3.39. The van der Waals surface area contributed by atoms with Crippen molar-refractivity contribution in [3.8, 4) is 34.5 Å². The summed E-state index contributed by atoms with van der Waals surface area (Å²) in [5.74, 6) is 2.53. The minimum Gasteiger partial charge on any atom is -0.497 e. The summed E-state index contributed by atoms with van der Waals surface area (Å²) >= 11 is 0. The molecule has 2 unspecified atom stereocenters. The maximum absolute atomic E-state index is 13.4. The molecule has 0 saturated heterocycles. The summed E-state index contributed by atoms with van der Waals surface area (Å²) in [6, 6.07) is 45.4. The first-order valence-corrected chi connectivity index (χ1v) is 27.2. The Morgan fingerprint density at radius 1 is 0.365 bits per heavy atom. The molecule has 10 nitrogen and oxygen atoms in total. The van der Waals surface area contributed by atoms with Gasteiger partial charge in [0, 0.05) is 37.1 Å². The van der Waals surface area contributed by atoms with Crippen molar-refractivity contribution in [1.29, 1.82) is 0 Å². The van der Waals surface area contributed by atoms with Gasteiger partial charge in [-0.2, -0.15) is 0 Å². The van der Waals surface area contributed by atoms with Crippen LogP contribution in [0.25, 0.3) is 0 Å². The van der Waals surface area contributed by atoms with Gasteiger partial charge in [0.2, 0.25) is 0 Å². The number of ether oxygens (including phenoxy) is 6. The highest BCUT2D eigenvalue weighted by Gasteiger charge is 2.32. The lowest BCUT2D eigenvalue weighted by molar-refractivity contribution is -0.134. The van der Waals surface area contributed by atoms with Crippen LogP contribution in [-0.4, -0.2) is 45.0 Å². The molecule has 74 heavy (non-hydrogen) atoms. The molecule has 12 heteroatoms. The Hall–Kier alpha value is -7.28. The molecule has 0 aliphatic heterocycles. The van der Waals surface area contributed by atoms with Gasteiger partial charge in [0.05, 0.1) is 54.2 Å². The van der Waals surface area contributed by atoms with Crippen LogP contribution in [0.5, 0.6) is 34.5 Å². The lowest BCUT2D eigenvalue weighted by atomic mass is 10.1. The van der Waals surface area contributed by atoms with Crippen LogP contribution >= 0.6 is 0 Å². The predicted molar refractivity (Wildman–Crippen MR) is 291 cm³/mol. The molecular formula is C62H64O10S2+2. The summed E-state index contributed by atoms with van der Waals surface area (Å²) in [6.07, 6.45) is 6.74. The lowest BCUT2D eigenvalue weighted by Crippen LogP contribution is -2.12. The number of hydrogen-bond acceptors (Lipinski definition) is 10. The van der Waals surface area contributed by atoms with E-state index in [0.717, 1.165) is 107 Å². The van der Waals surface area contributed by atoms with E-state index in [-0.39, 0.29) is 22.9 Å². The number of carbonyl (C=O) groups excluding carboxylic acids is 4. The van der Waals surface area contributed by atoms with Gasteiger partial charge in [-0.1, -0.05) is 25.7 Å². The zero-order valence-corrected chi connectivity index (χ0v) is 45.0. The van der Waals surface area contributed by atoms with Crippen LogP contribution in [-0.2, 0) is 31.4 Å². The quantitative estimate of drug-likeness (QED) is 0.0265. The number of esters is 3. The number of carbonyl (C=O) groups is 4. The number of unbranched alkanes of at least 4 members (excludes halogenated alkanes) is 5. The summed E-state index contributed by atoms with van der Waals surface area (Å²) in [5, 5.41) is 0. The largest absolute Gasteiger partial charge is 0.497 e. The van der Waals surface area contributed by atoms with Crippen LogP contribution in [0.4, 0.5) is 0 Å². The molecule has 7 aromatic carbocycles. The fourth-order valence-electron chi connectivity index (χ4n) is 8.77. The Labute approximate surface area is 441 Å². The molecule has 382 valence electrons. The van der Waals surface area contributed by atoms with E-state index in [1.807, 2.05) is 88.4 Å². The Morgan fingerprint density at radius 2 is 0.676 bits per heavy atom. The second kappa shape index (κ2) is 26.1. The van der Waals surface area contributed by atoms with Crippen LogP contribution in [0.3, 0.4) is 0 Å². The van der Waals surface area contributed by atoms with Crippen molar-refractivity contribution in [1.82, 2.24) is 0 Å². The van der Waals surface area contributed by atoms with Crippen LogP contribution in [0.1, 0.15) is 101 Å². The Bertz CT molecular complexity index is 2990. The molecule has 7 rings (SSSR count). The number of ketones is 1. The number of aryl methyl sites for hydroxylation is 4. The Morgan fingerprint density at radius 3 is 1.00 bits per heavy atom. The molecule has 0 aliphatic rings. The summed E-state index contributed by atoms with van der Waals surface area (Å²) in [5.41, 5.74) is 4.65. The third-order valence-corrected chi connectivity index (χ3v) is 16.8. The van der Waals surface area contributed by atoms with Gasteiger partial charge in [-0.15, -0.1) is 0 Å². The molecule has 0 aliphatic carbocycles. The van der Waals surface area contributed by atoms with Gasteiger partial charge in [0.15, 0.2) is 29.4 Å². The number of hydrogen-bond donors (Lipinski definition) is 0. The van der Waals surface area contributed by atoms with Crippen LogP contribution in [0, 0.1) is 27.7 Å². The third-order valence-electron chi connectivity index (χ3n) is 12.4. The lowest BCUT2D eigenvalue weighted by Gasteiger charge is -2.14. The van der Waals surface area contributed by atoms with Crippen molar-refractivity contribution in [3.05, 3.63) is 179 Å². The first kappa shape index (κ1) is 54.5. The first-order valence-electron chi connectivity index (χ1n) is 24.7. The molecule has 0 bridgehead atoms. The van der Waals surface area contributed by atoms with E-state index in [2.05, 4.69) is 36.4 Å². The van der Waals surface area contributed by atoms with Crippen molar-refractivity contribution in [2.75, 3.05) is 21.3 Å². The number of Topliss-reactive ketones (excluding diaryl/α,β-unsaturated/α-hetero) is 1. The van der Waals surface area contributed by atoms with Gasteiger partial charge in [0.25, 0.3) is 0 Å². The Balaban J connectivity index is 0.988. The van der Waals surface area contributed by atoms with Crippen molar-refractivity contribution in [2.24, 2.45) is 0 Å². The predicted octanol–water partition coefficient (Wildman–Crippen LogP) is 14.2. The standard InChI is InChI=1S/C62H64O10S2/c1-41-37-56(38-42(2)59(41)68-7)73(52-29-21-48(67-6)22-30-52)54-33-25-50(26-34-54)71-61(65)46-17-19-47(20-18-46)62(66)72-51-27-35-55(36-28-51)74(57-39-43(3)60(69-8)44(4)40-57)53-31-23-49(24-32-53)70-58(64)16-14-12-10-9-11-13-15-45(5)63/h17-40H,9-16H2,1-8H3/q+2. The van der Waals surface area contributed by atoms with E-state index in [4.69, 9.17) is 28.4 Å². The molecule has 0 spiro atoms. The van der Waals surface area contributed by atoms with Crippen LogP contribution < -0.4 is 28.4 Å². The van der Waals surface area contributed by atoms with E-state index in [0.29, 0.717) is 30.1 Å². The van der Waals surface area contributed by atoms with E-state index in [9.17, 15) is 19.2 Å². The normalized spacial score (nSPS) is 11.8. The zero-order chi connectivity index (χ0) is 52.7. The molecule has 0 N–H and O–H groups in total. The van der Waals surface area contributed by atoms with E-state index in [1.165, 1.54) is 0 Å². The SMILES string of the molecule is COc1ccc([S+](c2ccc(OC(=O)c3ccc(C(=O)Oc4ccc([S+](c5ccc(OC(=O)CCCCCCCCC(C)=O)cc5)c5cc(C)c(OC)c(C)c5)cc4)cc3)cc2)c2cc(C)c(OC)c(C)c2)cc1. The fraction of sp³-hybridized carbons (Fsp3) is 0.258. The molecule has 0 amide bonds. The minimum atomic E-state index is -0.588. The number of benzene rings is 7. The van der Waals surface area contributed by atoms with Crippen LogP contribution in [0.15, 0.2) is 175 Å². The zero-order valence-electron chi connectivity index (χ0n) is 43.4. The summed E-state index contributed by atoms with van der Waals surface area (Å²) < 4.78 is 34.1. The topological polar surface area (TPSA) is 124 Å². The van der Waals surface area contributed by atoms with E-state index in [1.54, 1.807) is 76.8 Å². The molecule has 2 atom stereocenters. The highest BCUT2D eigenvalue weighted by atomic mass is 32.2. The minimum absolute atomic E-state index is 0.231. The summed E-state index contributed by atoms with van der Waals surface area (Å²) in [4.78, 5) is 57.0. The Kier molecular flexibility index (Phi) is 19.2. The fourth-order valence-corrected chi connectivity index (χ4v) is 13.2. The first-order chi connectivity index (χ1) is 35.7. The maximum atomic E-state index is 13.4. The van der Waals surface area contributed by atoms with Gasteiger partial charge in [-0.3, -0.25) is 4.79 Å². The monoisotopic (exact) mass is 1030 g/mol. The van der Waals surface area contributed by atoms with Gasteiger partial charge in [0.1, 0.15) is 40.3 Å². The molecule has 0 aromatic heterocycles. The number of methoxy groups -OCH3 is 3. The van der Waals surface area contributed by atoms with E-state index < -0.39 is 33.7 Å². The van der Waals surface area contributed by atoms with E-state index >= 15 is 0 Å². The van der Waals surface area contributed by atoms with Gasteiger partial charge in [-0.05, 0) is 191 Å². The second-order valence-corrected chi connectivity index (χ2v) is 22.1. The van der Waals surface area contributed by atoms with Crippen LogP contribution in [0.2, 0.25) is 0 Å². The van der Waals surface area contributed by atoms with Gasteiger partial charge < -0.3 is 33.2 Å². The molecule has 7 aromatic rings. The summed E-state index contributed by atoms with van der Waals surface area (Å²) in [7, 11) is 3.94. The second-order valence-electron chi connectivity index (χ2n) is 18.0. The molecule has 0 radical (unpaired) electrons. The van der Waals surface area contributed by atoms with Gasteiger partial charge >= 0.3 is 17.9 Å². The molecule has 0 saturated carbocycles. The highest BCUT2D eigenvalue weighted by molar-refractivity contribution is 7.97. The van der Waals surface area contributed by atoms with Gasteiger partial charge in [-0.25, -0.2) is 9.59 Å². The molecular weight excluding hydrogens is 969 g/mol. The van der Waals surface area contributed by atoms with Crippen molar-refractivity contribution >= 4 is 45.5 Å². The van der Waals surface area contributed by atoms with Crippen molar-refractivity contribution in [3.63, 3.8) is 0 Å². The summed E-state index contributed by atoms with van der Waals surface area (Å²) in [6.45, 7) is 9.77. The van der Waals surface area contributed by atoms with Crippen molar-refractivity contribution < 1.29 is 47.6 Å². The van der Waals surface area contributed by atoms with Crippen molar-refractivity contribution in [2.45, 2.75) is 115 Å². The molecule has 0 heterocycles. The maximum Gasteiger partial charge on any atom is 0.343 e. The smallest absolute Gasteiger partial charge is 0.343 e. The highest BCUT2D eigenvalue weighted by Crippen LogP contribution is 2.39. The molecule has 0 fully saturated rings. The number of rotatable bonds is 23.